The molecule has 1 aromatic carbocycles. The lowest BCUT2D eigenvalue weighted by atomic mass is 10.2. The normalized spacial score (nSPS) is 9.37. The van der Waals surface area contributed by atoms with Gasteiger partial charge in [-0.15, -0.1) is 19.0 Å². The first kappa shape index (κ1) is 17.5. The van der Waals surface area contributed by atoms with Crippen LogP contribution in [-0.2, 0) is 11.3 Å². The highest BCUT2D eigenvalue weighted by atomic mass is 35.5. The number of methoxy groups -OCH3 is 1. The summed E-state index contributed by atoms with van der Waals surface area (Å²) in [4.78, 5) is 13.6. The Morgan fingerprint density at radius 2 is 2.05 bits per heavy atom. The third-order valence-electron chi connectivity index (χ3n) is 2.56. The number of benzene rings is 1. The number of likely N-dealkylation sites (N-methyl/N-ethyl adjacent to an activating group) is 1. The Morgan fingerprint density at radius 1 is 1.42 bits per heavy atom. The maximum atomic E-state index is 11.9. The number of ether oxygens (including phenoxy) is 1. The van der Waals surface area contributed by atoms with E-state index in [1.807, 2.05) is 24.3 Å². The third kappa shape index (κ3) is 5.77. The smallest absolute Gasteiger partial charge is 0.237 e. The standard InChI is InChI=1S/C14H20N2O2.ClH/c1-4-9-16(14(17)10-15-2)11-12-5-7-13(18-3)8-6-12;/h4-8,15H,1,9-11H2,2-3H3;1H. The number of hydrogen-bond donors (Lipinski definition) is 1. The number of nitrogens with one attached hydrogen (secondary N) is 1. The second-order valence-electron chi connectivity index (χ2n) is 3.94. The van der Waals surface area contributed by atoms with E-state index in [0.29, 0.717) is 19.6 Å². The highest BCUT2D eigenvalue weighted by molar-refractivity contribution is 5.85. The number of halogens is 1. The topological polar surface area (TPSA) is 41.6 Å². The Bertz CT molecular complexity index is 393. The number of rotatable bonds is 7. The lowest BCUT2D eigenvalue weighted by Gasteiger charge is -2.21. The van der Waals surface area contributed by atoms with E-state index in [1.54, 1.807) is 25.1 Å². The highest BCUT2D eigenvalue weighted by Gasteiger charge is 2.11. The van der Waals surface area contributed by atoms with E-state index in [4.69, 9.17) is 4.74 Å². The Kier molecular flexibility index (Phi) is 8.66. The van der Waals surface area contributed by atoms with Crippen LogP contribution in [0.15, 0.2) is 36.9 Å². The minimum Gasteiger partial charge on any atom is -0.497 e. The molecule has 106 valence electrons. The molecule has 0 bridgehead atoms. The predicted molar refractivity (Wildman–Crippen MR) is 79.8 cm³/mol. The van der Waals surface area contributed by atoms with Crippen LogP contribution in [0.4, 0.5) is 0 Å². The fourth-order valence-electron chi connectivity index (χ4n) is 1.62. The maximum Gasteiger partial charge on any atom is 0.237 e. The van der Waals surface area contributed by atoms with Gasteiger partial charge in [-0.1, -0.05) is 18.2 Å². The van der Waals surface area contributed by atoms with Gasteiger partial charge >= 0.3 is 0 Å². The van der Waals surface area contributed by atoms with Gasteiger partial charge in [0.1, 0.15) is 5.75 Å². The van der Waals surface area contributed by atoms with Gasteiger partial charge in [0.15, 0.2) is 0 Å². The Hall–Kier alpha value is -1.52. The van der Waals surface area contributed by atoms with E-state index in [9.17, 15) is 4.79 Å². The summed E-state index contributed by atoms with van der Waals surface area (Å²) in [7, 11) is 3.40. The number of nitrogens with zero attached hydrogens (tertiary/aromatic N) is 1. The number of carbonyl (C=O) groups is 1. The van der Waals surface area contributed by atoms with Crippen molar-refractivity contribution in [3.05, 3.63) is 42.5 Å². The molecule has 0 saturated carbocycles. The van der Waals surface area contributed by atoms with Crippen molar-refractivity contribution >= 4 is 18.3 Å². The van der Waals surface area contributed by atoms with Crippen LogP contribution < -0.4 is 10.1 Å². The molecule has 0 saturated heterocycles. The summed E-state index contributed by atoms with van der Waals surface area (Å²) in [6.45, 7) is 5.14. The Morgan fingerprint density at radius 3 is 2.53 bits per heavy atom. The zero-order valence-corrected chi connectivity index (χ0v) is 12.2. The molecule has 4 nitrogen and oxygen atoms in total. The summed E-state index contributed by atoms with van der Waals surface area (Å²) in [5.74, 6) is 0.879. The van der Waals surface area contributed by atoms with Gasteiger partial charge in [-0.2, -0.15) is 0 Å². The van der Waals surface area contributed by atoms with Crippen molar-refractivity contribution in [3.8, 4) is 5.75 Å². The molecule has 0 aliphatic heterocycles. The first-order chi connectivity index (χ1) is 8.71. The molecule has 1 rings (SSSR count). The second-order valence-corrected chi connectivity index (χ2v) is 3.94. The number of amides is 1. The summed E-state index contributed by atoms with van der Waals surface area (Å²) in [5, 5.41) is 2.86. The van der Waals surface area contributed by atoms with Gasteiger partial charge in [0.25, 0.3) is 0 Å². The molecule has 0 fully saturated rings. The lowest BCUT2D eigenvalue weighted by molar-refractivity contribution is -0.130. The number of carbonyl (C=O) groups excluding carboxylic acids is 1. The SMILES string of the molecule is C=CCN(Cc1ccc(OC)cc1)C(=O)CNC.Cl. The van der Waals surface area contributed by atoms with Crippen LogP contribution in [0.25, 0.3) is 0 Å². The van der Waals surface area contributed by atoms with Crippen LogP contribution in [0.5, 0.6) is 5.75 Å². The minimum absolute atomic E-state index is 0. The molecule has 0 aliphatic rings. The summed E-state index contributed by atoms with van der Waals surface area (Å²) in [6.07, 6.45) is 1.73. The summed E-state index contributed by atoms with van der Waals surface area (Å²) in [6, 6.07) is 7.71. The van der Waals surface area contributed by atoms with E-state index in [0.717, 1.165) is 11.3 Å². The van der Waals surface area contributed by atoms with Crippen LogP contribution >= 0.6 is 12.4 Å². The molecular formula is C14H21ClN2O2. The van der Waals surface area contributed by atoms with Crippen molar-refractivity contribution < 1.29 is 9.53 Å². The average molecular weight is 285 g/mol. The van der Waals surface area contributed by atoms with Gasteiger partial charge in [0, 0.05) is 13.1 Å². The minimum atomic E-state index is 0. The molecule has 19 heavy (non-hydrogen) atoms. The van der Waals surface area contributed by atoms with Crippen molar-refractivity contribution in [2.75, 3.05) is 27.2 Å². The van der Waals surface area contributed by atoms with Crippen molar-refractivity contribution in [3.63, 3.8) is 0 Å². The monoisotopic (exact) mass is 284 g/mol. The Balaban J connectivity index is 0.00000324. The van der Waals surface area contributed by atoms with Gasteiger partial charge < -0.3 is 15.0 Å². The largest absolute Gasteiger partial charge is 0.497 e. The van der Waals surface area contributed by atoms with Crippen molar-refractivity contribution in [1.82, 2.24) is 10.2 Å². The van der Waals surface area contributed by atoms with Crippen LogP contribution in [0, 0.1) is 0 Å². The summed E-state index contributed by atoms with van der Waals surface area (Å²) < 4.78 is 5.10. The van der Waals surface area contributed by atoms with Crippen LogP contribution in [-0.4, -0.2) is 38.1 Å². The van der Waals surface area contributed by atoms with Crippen LogP contribution in [0.3, 0.4) is 0 Å². The molecule has 0 unspecified atom stereocenters. The molecule has 1 aromatic rings. The van der Waals surface area contributed by atoms with E-state index >= 15 is 0 Å². The molecule has 0 aliphatic carbocycles. The molecule has 0 spiro atoms. The molecule has 5 heteroatoms. The lowest BCUT2D eigenvalue weighted by Crippen LogP contribution is -2.36. The quantitative estimate of drug-likeness (QED) is 0.777. The highest BCUT2D eigenvalue weighted by Crippen LogP contribution is 2.13. The molecule has 0 radical (unpaired) electrons. The van der Waals surface area contributed by atoms with Gasteiger partial charge in [-0.05, 0) is 24.7 Å². The molecule has 1 amide bonds. The van der Waals surface area contributed by atoms with E-state index in [-0.39, 0.29) is 18.3 Å². The molecule has 0 aromatic heterocycles. The average Bonchev–Trinajstić information content (AvgIpc) is 2.39. The van der Waals surface area contributed by atoms with E-state index < -0.39 is 0 Å². The molecular weight excluding hydrogens is 264 g/mol. The summed E-state index contributed by atoms with van der Waals surface area (Å²) >= 11 is 0. The molecule has 0 heterocycles. The van der Waals surface area contributed by atoms with Crippen LogP contribution in [0.2, 0.25) is 0 Å². The molecule has 1 N–H and O–H groups in total. The fraction of sp³-hybridized carbons (Fsp3) is 0.357. The fourth-order valence-corrected chi connectivity index (χ4v) is 1.62. The van der Waals surface area contributed by atoms with Gasteiger partial charge in [-0.3, -0.25) is 4.79 Å². The predicted octanol–water partition coefficient (Wildman–Crippen LogP) is 1.85. The van der Waals surface area contributed by atoms with Gasteiger partial charge in [0.2, 0.25) is 5.91 Å². The van der Waals surface area contributed by atoms with Crippen molar-refractivity contribution in [1.29, 1.82) is 0 Å². The van der Waals surface area contributed by atoms with Gasteiger partial charge in [-0.25, -0.2) is 0 Å². The van der Waals surface area contributed by atoms with E-state index in [1.165, 1.54) is 0 Å². The maximum absolute atomic E-state index is 11.9. The third-order valence-corrected chi connectivity index (χ3v) is 2.56. The summed E-state index contributed by atoms with van der Waals surface area (Å²) in [5.41, 5.74) is 1.07. The Labute approximate surface area is 120 Å². The van der Waals surface area contributed by atoms with E-state index in [2.05, 4.69) is 11.9 Å². The van der Waals surface area contributed by atoms with Crippen molar-refractivity contribution in [2.45, 2.75) is 6.54 Å². The van der Waals surface area contributed by atoms with Crippen LogP contribution in [0.1, 0.15) is 5.56 Å². The first-order valence-corrected chi connectivity index (χ1v) is 5.87. The van der Waals surface area contributed by atoms with Gasteiger partial charge in [0.05, 0.1) is 13.7 Å². The zero-order valence-electron chi connectivity index (χ0n) is 11.4. The zero-order chi connectivity index (χ0) is 13.4. The number of hydrogen-bond acceptors (Lipinski definition) is 3. The first-order valence-electron chi connectivity index (χ1n) is 5.87. The molecule has 0 atom stereocenters. The van der Waals surface area contributed by atoms with Crippen molar-refractivity contribution in [2.24, 2.45) is 0 Å². The second kappa shape index (κ2) is 9.42.